The van der Waals surface area contributed by atoms with Crippen LogP contribution in [0.2, 0.25) is 0 Å². The molecule has 0 spiro atoms. The van der Waals surface area contributed by atoms with Crippen molar-refractivity contribution in [1.29, 1.82) is 0 Å². The third-order valence-corrected chi connectivity index (χ3v) is 19.6. The first-order valence-corrected chi connectivity index (χ1v) is 38.5. The van der Waals surface area contributed by atoms with Gasteiger partial charge in [-0.3, -0.25) is 28.8 Å². The summed E-state index contributed by atoms with van der Waals surface area (Å²) in [4.78, 5) is 111. The fourth-order valence-electron chi connectivity index (χ4n) is 13.3. The van der Waals surface area contributed by atoms with E-state index in [0.717, 1.165) is 86.8 Å². The average molecular weight is 1540 g/mol. The standard InChI is InChI=1S/C80H111N13O18/c1-5-29-86-79(2)27-34-92(35-28-79)61-24-32-93(33-25-61)77-88-66-22-19-59(65-55-91(3)76(99)72-63(65)23-31-82-72)52-64(66)73(90-77)80(111-62-20-21-62,60-16-10-7-11-17-60)56-110-57-85-70(95)53-83-75(98)68(51-58-14-8-6-9-15-58)87-71(96)54-84-74(97)67(89-78(100)101)18-12-13-30-81-69(94)26-36-103-39-40-105-43-44-107-47-48-109-50-49-108-46-45-106-42-41-104-38-37-102-4/h1,6-11,14-17,19,22-23,31,52,55,61-62,67-68,82,86,89H,12-13,18,20-21,24-30,32-51,53-54,56-57H2,2-4H3,(H,81,94)(H,83,98)(H,84,97)(H,85,95)(H,87,96)(H,100,101)/t67-,68-,80?/m0/s1. The molecule has 0 radical (unpaired) electrons. The summed E-state index contributed by atoms with van der Waals surface area (Å²) in [6.45, 7) is 11.3. The van der Waals surface area contributed by atoms with Gasteiger partial charge in [-0.1, -0.05) is 72.7 Å². The lowest BCUT2D eigenvalue weighted by atomic mass is 9.87. The Balaban J connectivity index is 0.731. The Bertz CT molecular complexity index is 3980. The third kappa shape index (κ3) is 28.0. The van der Waals surface area contributed by atoms with Gasteiger partial charge >= 0.3 is 6.09 Å². The average Bonchev–Trinajstić information content (AvgIpc) is 1.72. The molecule has 604 valence electrons. The van der Waals surface area contributed by atoms with E-state index in [1.54, 1.807) is 55.3 Å². The highest BCUT2D eigenvalue weighted by atomic mass is 16.6. The largest absolute Gasteiger partial charge is 0.465 e. The molecular formula is C80H111N13O18. The Kier molecular flexibility index (Phi) is 35.7. The van der Waals surface area contributed by atoms with E-state index < -0.39 is 60.5 Å². The molecule has 1 unspecified atom stereocenters. The van der Waals surface area contributed by atoms with Crippen LogP contribution in [0.5, 0.6) is 0 Å². The Hall–Kier alpha value is -9.01. The number of fused-ring (bicyclic) bond motifs is 2. The zero-order valence-corrected chi connectivity index (χ0v) is 64.2. The molecule has 2 saturated heterocycles. The molecule has 9 rings (SSSR count). The predicted octanol–water partition coefficient (Wildman–Crippen LogP) is 4.07. The minimum atomic E-state index is -1.45. The number of benzene rings is 3. The van der Waals surface area contributed by atoms with Gasteiger partial charge in [0.2, 0.25) is 35.5 Å². The lowest BCUT2D eigenvalue weighted by Crippen LogP contribution is -2.55. The molecule has 3 aliphatic rings. The molecule has 6 aromatic rings. The number of nitrogens with one attached hydrogen (secondary N) is 8. The van der Waals surface area contributed by atoms with E-state index in [-0.39, 0.29) is 75.5 Å². The maximum absolute atomic E-state index is 14.0. The summed E-state index contributed by atoms with van der Waals surface area (Å²) < 4.78 is 58.6. The highest BCUT2D eigenvalue weighted by Crippen LogP contribution is 2.44. The number of H-pyrrole nitrogens is 1. The number of methoxy groups -OCH3 is 1. The summed E-state index contributed by atoms with van der Waals surface area (Å²) in [5, 5.41) is 30.2. The van der Waals surface area contributed by atoms with Crippen LogP contribution >= 0.6 is 0 Å². The van der Waals surface area contributed by atoms with Crippen molar-refractivity contribution in [2.24, 2.45) is 7.05 Å². The molecule has 6 amide bonds. The normalized spacial score (nSPS) is 15.6. The van der Waals surface area contributed by atoms with Gasteiger partial charge in [0.05, 0.1) is 143 Å². The highest BCUT2D eigenvalue weighted by molar-refractivity contribution is 5.98. The number of aryl methyl sites for hydroxylation is 1. The molecule has 0 bridgehead atoms. The molecule has 31 heteroatoms. The van der Waals surface area contributed by atoms with Crippen molar-refractivity contribution in [3.63, 3.8) is 0 Å². The number of carbonyl (C=O) groups excluding carboxylic acids is 5. The number of carboxylic acid groups (broad SMARTS) is 1. The molecule has 3 aromatic heterocycles. The van der Waals surface area contributed by atoms with Crippen molar-refractivity contribution in [1.82, 2.24) is 61.6 Å². The van der Waals surface area contributed by atoms with Gasteiger partial charge in [-0.15, -0.1) is 6.42 Å². The first kappa shape index (κ1) is 86.0. The summed E-state index contributed by atoms with van der Waals surface area (Å²) in [6.07, 6.45) is 14.0. The highest BCUT2D eigenvalue weighted by Gasteiger charge is 2.45. The van der Waals surface area contributed by atoms with Crippen LogP contribution < -0.4 is 47.7 Å². The number of terminal acetylenes is 1. The van der Waals surface area contributed by atoms with Crippen LogP contribution in [0, 0.1) is 12.3 Å². The van der Waals surface area contributed by atoms with Crippen LogP contribution in [0.25, 0.3) is 32.9 Å². The van der Waals surface area contributed by atoms with E-state index >= 15 is 0 Å². The zero-order valence-electron chi connectivity index (χ0n) is 64.2. The fourth-order valence-corrected chi connectivity index (χ4v) is 13.3. The van der Waals surface area contributed by atoms with Gasteiger partial charge in [0, 0.05) is 100 Å². The number of anilines is 1. The summed E-state index contributed by atoms with van der Waals surface area (Å²) in [5.74, 6) is 0.219. The van der Waals surface area contributed by atoms with Crippen molar-refractivity contribution in [3.8, 4) is 23.5 Å². The van der Waals surface area contributed by atoms with E-state index in [4.69, 9.17) is 63.8 Å². The Morgan fingerprint density at radius 2 is 1.27 bits per heavy atom. The van der Waals surface area contributed by atoms with Gasteiger partial charge in [-0.2, -0.15) is 0 Å². The number of piperidine rings is 2. The number of unbranched alkanes of at least 4 members (excludes halogenated alkanes) is 1. The van der Waals surface area contributed by atoms with Crippen molar-refractivity contribution in [3.05, 3.63) is 124 Å². The molecular weight excluding hydrogens is 1430 g/mol. The number of rotatable bonds is 52. The van der Waals surface area contributed by atoms with Crippen molar-refractivity contribution >= 4 is 63.4 Å². The second-order valence-electron chi connectivity index (χ2n) is 27.9. The van der Waals surface area contributed by atoms with Crippen molar-refractivity contribution in [2.45, 2.75) is 113 Å². The number of pyridine rings is 1. The van der Waals surface area contributed by atoms with Gasteiger partial charge in [-0.25, -0.2) is 14.8 Å². The van der Waals surface area contributed by atoms with Crippen LogP contribution in [0.15, 0.2) is 102 Å². The Morgan fingerprint density at radius 1 is 0.667 bits per heavy atom. The lowest BCUT2D eigenvalue weighted by Gasteiger charge is -2.45. The van der Waals surface area contributed by atoms with Gasteiger partial charge in [0.15, 0.2) is 5.60 Å². The van der Waals surface area contributed by atoms with Crippen LogP contribution in [0.3, 0.4) is 0 Å². The van der Waals surface area contributed by atoms with E-state index in [1.165, 1.54) is 0 Å². The molecule has 3 aromatic carbocycles. The first-order chi connectivity index (χ1) is 54.0. The lowest BCUT2D eigenvalue weighted by molar-refractivity contribution is -0.131. The molecule has 3 atom stereocenters. The van der Waals surface area contributed by atoms with Gasteiger partial charge in [-0.05, 0) is 99.6 Å². The molecule has 9 N–H and O–H groups in total. The molecule has 2 aliphatic heterocycles. The SMILES string of the molecule is C#CCNC1(C)CCN(C2CCN(c3nc(C(COCNC(=O)CNC(=O)[C@H](Cc4ccccc4)NC(=O)CNC(=O)[C@H](CCCCNC(=O)CCOCCOCCOCCOCCOCCOCCOCCOC)NC(=O)O)(OC4CC4)c4ccccc4)c4cc(-c5cn(C)c(=O)c6[nH]ccc56)ccc4n3)CC2)CC1. The number of likely N-dealkylation sites (tertiary alicyclic amines) is 1. The van der Waals surface area contributed by atoms with E-state index in [0.29, 0.717) is 145 Å². The van der Waals surface area contributed by atoms with Gasteiger partial charge in [0.25, 0.3) is 5.56 Å². The molecule has 1 saturated carbocycles. The number of aromatic nitrogens is 4. The molecule has 31 nitrogen and oxygen atoms in total. The summed E-state index contributed by atoms with van der Waals surface area (Å²) in [7, 11) is 3.35. The zero-order chi connectivity index (χ0) is 78.5. The summed E-state index contributed by atoms with van der Waals surface area (Å²) in [6, 6.07) is 24.6. The van der Waals surface area contributed by atoms with Gasteiger partial charge < -0.3 is 109 Å². The van der Waals surface area contributed by atoms with Crippen LogP contribution in [0.1, 0.15) is 88.0 Å². The summed E-state index contributed by atoms with van der Waals surface area (Å²) >= 11 is 0. The number of amides is 6. The predicted molar refractivity (Wildman–Crippen MR) is 416 cm³/mol. The Morgan fingerprint density at radius 3 is 1.88 bits per heavy atom. The molecule has 5 heterocycles. The van der Waals surface area contributed by atoms with Crippen molar-refractivity contribution in [2.75, 3.05) is 177 Å². The minimum absolute atomic E-state index is 0.00576. The molecule has 3 fully saturated rings. The Labute approximate surface area is 648 Å². The van der Waals surface area contributed by atoms with Crippen molar-refractivity contribution < 1.29 is 81.2 Å². The van der Waals surface area contributed by atoms with Crippen LogP contribution in [-0.2, 0) is 90.4 Å². The second kappa shape index (κ2) is 46.1. The topological polar surface area (TPSA) is 369 Å². The monoisotopic (exact) mass is 1540 g/mol. The van der Waals surface area contributed by atoms with E-state index in [1.807, 2.05) is 60.8 Å². The fraction of sp³-hybridized carbons (Fsp3) is 0.562. The minimum Gasteiger partial charge on any atom is -0.465 e. The maximum atomic E-state index is 14.0. The van der Waals surface area contributed by atoms with Gasteiger partial charge in [0.1, 0.15) is 24.3 Å². The smallest absolute Gasteiger partial charge is 0.405 e. The number of hydrogen-bond acceptors (Lipinski definition) is 22. The first-order valence-electron chi connectivity index (χ1n) is 38.5. The number of carbonyl (C=O) groups is 6. The molecule has 111 heavy (non-hydrogen) atoms. The summed E-state index contributed by atoms with van der Waals surface area (Å²) in [5.41, 5.74) is 3.31. The second-order valence-corrected chi connectivity index (χ2v) is 27.9. The molecule has 1 aliphatic carbocycles. The number of aromatic amines is 1. The van der Waals surface area contributed by atoms with E-state index in [9.17, 15) is 38.7 Å². The van der Waals surface area contributed by atoms with Crippen LogP contribution in [0.4, 0.5) is 10.7 Å². The number of hydrogen-bond donors (Lipinski definition) is 9. The third-order valence-electron chi connectivity index (χ3n) is 19.6. The maximum Gasteiger partial charge on any atom is 0.405 e. The number of nitrogens with zero attached hydrogens (tertiary/aromatic N) is 5. The van der Waals surface area contributed by atoms with Crippen LogP contribution in [-0.4, -0.2) is 267 Å². The number of ether oxygens (including phenoxy) is 10. The quantitative estimate of drug-likeness (QED) is 0.0148. The van der Waals surface area contributed by atoms with E-state index in [2.05, 4.69) is 64.8 Å².